The lowest BCUT2D eigenvalue weighted by atomic mass is 10.1. The van der Waals surface area contributed by atoms with Crippen LogP contribution in [-0.2, 0) is 6.54 Å². The molecule has 4 nitrogen and oxygen atoms in total. The Kier molecular flexibility index (Phi) is 6.13. The third-order valence-corrected chi connectivity index (χ3v) is 5.50. The van der Waals surface area contributed by atoms with Gasteiger partial charge in [-0.05, 0) is 30.9 Å². The average molecular weight is 329 g/mol. The van der Waals surface area contributed by atoms with Gasteiger partial charge in [-0.15, -0.1) is 0 Å². The van der Waals surface area contributed by atoms with Crippen LogP contribution in [0.15, 0.2) is 24.3 Å². The Balaban J connectivity index is 1.44. The maximum Gasteiger partial charge on any atom is 0.317 e. The summed E-state index contributed by atoms with van der Waals surface area (Å²) in [6.07, 6.45) is 7.47. The highest BCUT2D eigenvalue weighted by atomic mass is 16.2. The van der Waals surface area contributed by atoms with E-state index in [0.29, 0.717) is 6.04 Å². The van der Waals surface area contributed by atoms with Gasteiger partial charge in [-0.2, -0.15) is 0 Å². The van der Waals surface area contributed by atoms with E-state index in [1.165, 1.54) is 36.8 Å². The number of carbonyl (C=O) groups is 1. The average Bonchev–Trinajstić information content (AvgIpc) is 2.86. The molecule has 4 heteroatoms. The predicted molar refractivity (Wildman–Crippen MR) is 98.1 cm³/mol. The van der Waals surface area contributed by atoms with Crippen LogP contribution in [0.5, 0.6) is 0 Å². The van der Waals surface area contributed by atoms with Crippen molar-refractivity contribution >= 4 is 6.03 Å². The molecule has 2 aliphatic rings. The second-order valence-electron chi connectivity index (χ2n) is 7.33. The minimum Gasteiger partial charge on any atom is -0.335 e. The second kappa shape index (κ2) is 8.52. The molecular formula is C20H31N3O. The van der Waals surface area contributed by atoms with Crippen LogP contribution in [0.3, 0.4) is 0 Å². The van der Waals surface area contributed by atoms with Gasteiger partial charge in [0, 0.05) is 38.8 Å². The molecule has 0 spiro atoms. The Morgan fingerprint density at radius 3 is 2.38 bits per heavy atom. The van der Waals surface area contributed by atoms with Crippen molar-refractivity contribution in [3.05, 3.63) is 35.4 Å². The van der Waals surface area contributed by atoms with Crippen LogP contribution in [0, 0.1) is 6.92 Å². The first-order chi connectivity index (χ1) is 11.7. The molecule has 132 valence electrons. The SMILES string of the molecule is Cc1ccccc1CN1CCN(C(=O)NC2CCCCCC2)CC1. The number of aryl methyl sites for hydroxylation is 1. The highest BCUT2D eigenvalue weighted by Crippen LogP contribution is 2.18. The Bertz CT molecular complexity index is 529. The Hall–Kier alpha value is -1.55. The summed E-state index contributed by atoms with van der Waals surface area (Å²) in [5.74, 6) is 0. The molecule has 3 rings (SSSR count). The standard InChI is InChI=1S/C20H31N3O/c1-17-8-6-7-9-18(17)16-22-12-14-23(15-13-22)20(24)21-19-10-4-2-3-5-11-19/h6-9,19H,2-5,10-16H2,1H3,(H,21,24). The van der Waals surface area contributed by atoms with Crippen LogP contribution in [-0.4, -0.2) is 48.1 Å². The molecule has 1 aliphatic heterocycles. The van der Waals surface area contributed by atoms with Crippen molar-refractivity contribution in [3.63, 3.8) is 0 Å². The van der Waals surface area contributed by atoms with Crippen LogP contribution < -0.4 is 5.32 Å². The smallest absolute Gasteiger partial charge is 0.317 e. The van der Waals surface area contributed by atoms with E-state index in [-0.39, 0.29) is 6.03 Å². The number of piperazine rings is 1. The topological polar surface area (TPSA) is 35.6 Å². The summed E-state index contributed by atoms with van der Waals surface area (Å²) in [5, 5.41) is 3.27. The zero-order chi connectivity index (χ0) is 16.8. The van der Waals surface area contributed by atoms with E-state index in [2.05, 4.69) is 41.4 Å². The number of carbonyl (C=O) groups excluding carboxylic acids is 1. The normalized spacial score (nSPS) is 20.6. The lowest BCUT2D eigenvalue weighted by molar-refractivity contribution is 0.132. The van der Waals surface area contributed by atoms with Crippen LogP contribution in [0.4, 0.5) is 4.79 Å². The first-order valence-electron chi connectivity index (χ1n) is 9.54. The highest BCUT2D eigenvalue weighted by Gasteiger charge is 2.23. The van der Waals surface area contributed by atoms with Crippen LogP contribution >= 0.6 is 0 Å². The molecule has 24 heavy (non-hydrogen) atoms. The molecule has 1 saturated heterocycles. The number of amides is 2. The molecular weight excluding hydrogens is 298 g/mol. The van der Waals surface area contributed by atoms with Gasteiger partial charge in [-0.1, -0.05) is 49.9 Å². The quantitative estimate of drug-likeness (QED) is 0.861. The number of hydrogen-bond donors (Lipinski definition) is 1. The minimum absolute atomic E-state index is 0.150. The minimum atomic E-state index is 0.150. The largest absolute Gasteiger partial charge is 0.335 e. The summed E-state index contributed by atoms with van der Waals surface area (Å²) in [7, 11) is 0. The first kappa shape index (κ1) is 17.3. The van der Waals surface area contributed by atoms with Crippen LogP contribution in [0.1, 0.15) is 49.7 Å². The molecule has 1 aliphatic carbocycles. The maximum absolute atomic E-state index is 12.5. The molecule has 1 saturated carbocycles. The van der Waals surface area contributed by atoms with Gasteiger partial charge in [0.05, 0.1) is 0 Å². The molecule has 0 aromatic heterocycles. The molecule has 0 radical (unpaired) electrons. The van der Waals surface area contributed by atoms with Crippen molar-refractivity contribution < 1.29 is 4.79 Å². The third kappa shape index (κ3) is 4.73. The van der Waals surface area contributed by atoms with Gasteiger partial charge >= 0.3 is 6.03 Å². The molecule has 0 atom stereocenters. The van der Waals surface area contributed by atoms with E-state index in [1.54, 1.807) is 0 Å². The summed E-state index contributed by atoms with van der Waals surface area (Å²) in [6, 6.07) is 9.13. The molecule has 0 unspecified atom stereocenters. The summed E-state index contributed by atoms with van der Waals surface area (Å²) in [6.45, 7) is 6.77. The van der Waals surface area contributed by atoms with E-state index >= 15 is 0 Å². The van der Waals surface area contributed by atoms with E-state index in [1.807, 2.05) is 4.90 Å². The zero-order valence-electron chi connectivity index (χ0n) is 15.0. The van der Waals surface area contributed by atoms with E-state index in [4.69, 9.17) is 0 Å². The summed E-state index contributed by atoms with van der Waals surface area (Å²) in [4.78, 5) is 16.9. The monoisotopic (exact) mass is 329 g/mol. The van der Waals surface area contributed by atoms with Gasteiger partial charge in [0.25, 0.3) is 0 Å². The van der Waals surface area contributed by atoms with E-state index in [0.717, 1.165) is 45.6 Å². The maximum atomic E-state index is 12.5. The van der Waals surface area contributed by atoms with Crippen molar-refractivity contribution in [2.45, 2.75) is 58.0 Å². The lowest BCUT2D eigenvalue weighted by Crippen LogP contribution is -2.53. The molecule has 2 fully saturated rings. The van der Waals surface area contributed by atoms with Crippen molar-refractivity contribution in [1.29, 1.82) is 0 Å². The van der Waals surface area contributed by atoms with E-state index in [9.17, 15) is 4.79 Å². The van der Waals surface area contributed by atoms with Gasteiger partial charge in [-0.3, -0.25) is 4.90 Å². The molecule has 1 heterocycles. The van der Waals surface area contributed by atoms with Gasteiger partial charge in [0.2, 0.25) is 0 Å². The number of urea groups is 1. The Morgan fingerprint density at radius 2 is 1.71 bits per heavy atom. The molecule has 1 aromatic rings. The predicted octanol–water partition coefficient (Wildman–Crippen LogP) is 3.55. The summed E-state index contributed by atoms with van der Waals surface area (Å²) >= 11 is 0. The van der Waals surface area contributed by atoms with Crippen molar-refractivity contribution in [2.75, 3.05) is 26.2 Å². The highest BCUT2D eigenvalue weighted by molar-refractivity contribution is 5.74. The van der Waals surface area contributed by atoms with Crippen LogP contribution in [0.25, 0.3) is 0 Å². The van der Waals surface area contributed by atoms with Gasteiger partial charge in [0.15, 0.2) is 0 Å². The third-order valence-electron chi connectivity index (χ3n) is 5.50. The number of benzene rings is 1. The van der Waals surface area contributed by atoms with Crippen molar-refractivity contribution in [1.82, 2.24) is 15.1 Å². The Morgan fingerprint density at radius 1 is 1.04 bits per heavy atom. The molecule has 1 N–H and O–H groups in total. The van der Waals surface area contributed by atoms with Crippen molar-refractivity contribution in [3.8, 4) is 0 Å². The fourth-order valence-corrected chi connectivity index (χ4v) is 3.83. The number of nitrogens with one attached hydrogen (secondary N) is 1. The first-order valence-corrected chi connectivity index (χ1v) is 9.54. The van der Waals surface area contributed by atoms with Gasteiger partial charge < -0.3 is 10.2 Å². The van der Waals surface area contributed by atoms with Gasteiger partial charge in [-0.25, -0.2) is 4.79 Å². The summed E-state index contributed by atoms with van der Waals surface area (Å²) in [5.41, 5.74) is 2.75. The fourth-order valence-electron chi connectivity index (χ4n) is 3.83. The Labute approximate surface area is 146 Å². The fraction of sp³-hybridized carbons (Fsp3) is 0.650. The van der Waals surface area contributed by atoms with Crippen LogP contribution in [0.2, 0.25) is 0 Å². The number of rotatable bonds is 3. The molecule has 1 aromatic carbocycles. The van der Waals surface area contributed by atoms with Gasteiger partial charge in [0.1, 0.15) is 0 Å². The number of hydrogen-bond acceptors (Lipinski definition) is 2. The zero-order valence-corrected chi connectivity index (χ0v) is 15.0. The number of nitrogens with zero attached hydrogens (tertiary/aromatic N) is 2. The van der Waals surface area contributed by atoms with Crippen molar-refractivity contribution in [2.24, 2.45) is 0 Å². The molecule has 0 bridgehead atoms. The summed E-state index contributed by atoms with van der Waals surface area (Å²) < 4.78 is 0. The van der Waals surface area contributed by atoms with E-state index < -0.39 is 0 Å². The second-order valence-corrected chi connectivity index (χ2v) is 7.33. The molecule has 2 amide bonds. The lowest BCUT2D eigenvalue weighted by Gasteiger charge is -2.35.